The van der Waals surface area contributed by atoms with Gasteiger partial charge in [0.2, 0.25) is 0 Å². The zero-order valence-electron chi connectivity index (χ0n) is 16.4. The van der Waals surface area contributed by atoms with Crippen LogP contribution in [-0.4, -0.2) is 32.8 Å². The molecule has 6 nitrogen and oxygen atoms in total. The number of amides is 1. The predicted octanol–water partition coefficient (Wildman–Crippen LogP) is 4.01. The van der Waals surface area contributed by atoms with Gasteiger partial charge in [-0.05, 0) is 38.1 Å². The van der Waals surface area contributed by atoms with Crippen LogP contribution in [0.25, 0.3) is 0 Å². The molecule has 1 heterocycles. The molecule has 0 aromatic heterocycles. The fraction of sp³-hybridized carbons (Fsp3) is 0.381. The molecule has 2 aromatic rings. The SMILES string of the molecule is CCOc1cc2c(cc1CNC(=O)c1cc(Cl)c(OC)c(OC)c1)O[C@H](C)C2. The molecular weight excluding hydrogens is 382 g/mol. The number of hydrogen-bond donors (Lipinski definition) is 1. The number of fused-ring (bicyclic) bond motifs is 1. The van der Waals surface area contributed by atoms with Gasteiger partial charge in [-0.1, -0.05) is 11.6 Å². The van der Waals surface area contributed by atoms with E-state index in [1.807, 2.05) is 26.0 Å². The molecule has 0 saturated carbocycles. The Kier molecular flexibility index (Phi) is 6.19. The number of ether oxygens (including phenoxy) is 4. The number of benzene rings is 2. The second-order valence-electron chi connectivity index (χ2n) is 6.51. The zero-order valence-corrected chi connectivity index (χ0v) is 17.2. The molecule has 0 unspecified atom stereocenters. The molecule has 2 aromatic carbocycles. The van der Waals surface area contributed by atoms with Gasteiger partial charge < -0.3 is 24.3 Å². The molecule has 0 fully saturated rings. The van der Waals surface area contributed by atoms with E-state index >= 15 is 0 Å². The molecule has 28 heavy (non-hydrogen) atoms. The molecule has 1 N–H and O–H groups in total. The lowest BCUT2D eigenvalue weighted by Crippen LogP contribution is -2.23. The maximum Gasteiger partial charge on any atom is 0.251 e. The molecule has 1 aliphatic rings. The van der Waals surface area contributed by atoms with Gasteiger partial charge in [0.15, 0.2) is 11.5 Å². The highest BCUT2D eigenvalue weighted by Gasteiger charge is 2.22. The summed E-state index contributed by atoms with van der Waals surface area (Å²) >= 11 is 6.20. The van der Waals surface area contributed by atoms with Crippen molar-refractivity contribution < 1.29 is 23.7 Å². The van der Waals surface area contributed by atoms with Crippen LogP contribution in [0.5, 0.6) is 23.0 Å². The summed E-state index contributed by atoms with van der Waals surface area (Å²) < 4.78 is 22.0. The summed E-state index contributed by atoms with van der Waals surface area (Å²) in [6.45, 7) is 4.80. The highest BCUT2D eigenvalue weighted by molar-refractivity contribution is 6.32. The van der Waals surface area contributed by atoms with Crippen molar-refractivity contribution >= 4 is 17.5 Å². The summed E-state index contributed by atoms with van der Waals surface area (Å²) in [5, 5.41) is 3.21. The van der Waals surface area contributed by atoms with E-state index in [0.717, 1.165) is 29.0 Å². The van der Waals surface area contributed by atoms with Gasteiger partial charge in [0.25, 0.3) is 5.91 Å². The molecule has 3 rings (SSSR count). The third kappa shape index (κ3) is 4.12. The van der Waals surface area contributed by atoms with Crippen LogP contribution in [0.2, 0.25) is 5.02 Å². The molecule has 0 saturated heterocycles. The quantitative estimate of drug-likeness (QED) is 0.753. The topological polar surface area (TPSA) is 66.0 Å². The van der Waals surface area contributed by atoms with Crippen molar-refractivity contribution in [3.8, 4) is 23.0 Å². The van der Waals surface area contributed by atoms with E-state index in [-0.39, 0.29) is 12.0 Å². The fourth-order valence-electron chi connectivity index (χ4n) is 3.24. The molecule has 0 spiro atoms. The highest BCUT2D eigenvalue weighted by atomic mass is 35.5. The Morgan fingerprint density at radius 3 is 2.68 bits per heavy atom. The minimum absolute atomic E-state index is 0.142. The average Bonchev–Trinajstić information content (AvgIpc) is 3.04. The lowest BCUT2D eigenvalue weighted by Gasteiger charge is -2.14. The Bertz CT molecular complexity index is 884. The van der Waals surface area contributed by atoms with Gasteiger partial charge >= 0.3 is 0 Å². The van der Waals surface area contributed by atoms with Crippen molar-refractivity contribution in [2.45, 2.75) is 32.9 Å². The smallest absolute Gasteiger partial charge is 0.251 e. The average molecular weight is 406 g/mol. The number of methoxy groups -OCH3 is 2. The molecule has 0 bridgehead atoms. The van der Waals surface area contributed by atoms with Crippen LogP contribution >= 0.6 is 11.6 Å². The summed E-state index contributed by atoms with van der Waals surface area (Å²) in [7, 11) is 2.99. The van der Waals surface area contributed by atoms with Gasteiger partial charge in [0, 0.05) is 29.7 Å². The summed E-state index contributed by atoms with van der Waals surface area (Å²) in [6, 6.07) is 7.08. The first kappa shape index (κ1) is 20.1. The van der Waals surface area contributed by atoms with E-state index in [1.54, 1.807) is 12.1 Å². The lowest BCUT2D eigenvalue weighted by molar-refractivity contribution is 0.0950. The molecule has 7 heteroatoms. The molecule has 1 atom stereocenters. The van der Waals surface area contributed by atoms with Gasteiger partial charge in [-0.2, -0.15) is 0 Å². The van der Waals surface area contributed by atoms with Crippen molar-refractivity contribution in [1.82, 2.24) is 5.32 Å². The summed E-state index contributed by atoms with van der Waals surface area (Å²) in [5.74, 6) is 2.11. The first-order valence-corrected chi connectivity index (χ1v) is 9.49. The number of carbonyl (C=O) groups excluding carboxylic acids is 1. The van der Waals surface area contributed by atoms with E-state index < -0.39 is 0 Å². The Morgan fingerprint density at radius 2 is 2.00 bits per heavy atom. The van der Waals surface area contributed by atoms with Crippen LogP contribution in [0.15, 0.2) is 24.3 Å². The minimum Gasteiger partial charge on any atom is -0.494 e. The number of hydrogen-bond acceptors (Lipinski definition) is 5. The van der Waals surface area contributed by atoms with Gasteiger partial charge in [-0.15, -0.1) is 0 Å². The van der Waals surface area contributed by atoms with E-state index in [1.165, 1.54) is 14.2 Å². The Morgan fingerprint density at radius 1 is 1.21 bits per heavy atom. The number of nitrogens with one attached hydrogen (secondary N) is 1. The third-order valence-electron chi connectivity index (χ3n) is 4.51. The van der Waals surface area contributed by atoms with Gasteiger partial charge in [0.1, 0.15) is 17.6 Å². The van der Waals surface area contributed by atoms with Crippen molar-refractivity contribution in [2.24, 2.45) is 0 Å². The monoisotopic (exact) mass is 405 g/mol. The molecule has 1 aliphatic heterocycles. The number of carbonyl (C=O) groups is 1. The number of halogens is 1. The highest BCUT2D eigenvalue weighted by Crippen LogP contribution is 2.37. The molecule has 150 valence electrons. The predicted molar refractivity (Wildman–Crippen MR) is 107 cm³/mol. The zero-order chi connectivity index (χ0) is 20.3. The molecule has 0 aliphatic carbocycles. The normalized spacial score (nSPS) is 14.8. The molecule has 1 amide bonds. The van der Waals surface area contributed by atoms with E-state index in [2.05, 4.69) is 5.32 Å². The van der Waals surface area contributed by atoms with Gasteiger partial charge in [-0.25, -0.2) is 0 Å². The van der Waals surface area contributed by atoms with E-state index in [4.69, 9.17) is 30.5 Å². The van der Waals surface area contributed by atoms with Gasteiger partial charge in [-0.3, -0.25) is 4.79 Å². The van der Waals surface area contributed by atoms with Crippen LogP contribution in [0, 0.1) is 0 Å². The second-order valence-corrected chi connectivity index (χ2v) is 6.92. The largest absolute Gasteiger partial charge is 0.494 e. The third-order valence-corrected chi connectivity index (χ3v) is 4.79. The van der Waals surface area contributed by atoms with Crippen LogP contribution in [-0.2, 0) is 13.0 Å². The van der Waals surface area contributed by atoms with Crippen molar-refractivity contribution in [3.05, 3.63) is 46.0 Å². The van der Waals surface area contributed by atoms with E-state index in [9.17, 15) is 4.79 Å². The Labute approximate surface area is 169 Å². The Hall–Kier alpha value is -2.60. The lowest BCUT2D eigenvalue weighted by atomic mass is 10.1. The summed E-state index contributed by atoms with van der Waals surface area (Å²) in [4.78, 5) is 12.7. The maximum atomic E-state index is 12.7. The fourth-order valence-corrected chi connectivity index (χ4v) is 3.52. The van der Waals surface area contributed by atoms with Crippen molar-refractivity contribution in [2.75, 3.05) is 20.8 Å². The summed E-state index contributed by atoms with van der Waals surface area (Å²) in [6.07, 6.45) is 0.995. The number of rotatable bonds is 7. The second kappa shape index (κ2) is 8.61. The van der Waals surface area contributed by atoms with Crippen LogP contribution in [0.4, 0.5) is 0 Å². The van der Waals surface area contributed by atoms with Crippen LogP contribution < -0.4 is 24.3 Å². The molecular formula is C21H24ClNO5. The van der Waals surface area contributed by atoms with Crippen molar-refractivity contribution in [1.29, 1.82) is 0 Å². The van der Waals surface area contributed by atoms with Crippen LogP contribution in [0.3, 0.4) is 0 Å². The first-order chi connectivity index (χ1) is 13.5. The Balaban J connectivity index is 1.80. The van der Waals surface area contributed by atoms with Gasteiger partial charge in [0.05, 0.1) is 25.8 Å². The van der Waals surface area contributed by atoms with Crippen molar-refractivity contribution in [3.63, 3.8) is 0 Å². The van der Waals surface area contributed by atoms with E-state index in [0.29, 0.717) is 35.2 Å². The minimum atomic E-state index is -0.278. The molecule has 0 radical (unpaired) electrons. The van der Waals surface area contributed by atoms with Crippen LogP contribution in [0.1, 0.15) is 35.3 Å². The maximum absolute atomic E-state index is 12.7. The summed E-state index contributed by atoms with van der Waals surface area (Å²) in [5.41, 5.74) is 2.36. The first-order valence-electron chi connectivity index (χ1n) is 9.11. The standard InChI is InChI=1S/C21H24ClNO5/c1-5-27-17-8-13-6-12(2)28-18(13)10-15(17)11-23-21(24)14-7-16(22)20(26-4)19(9-14)25-3/h7-10,12H,5-6,11H2,1-4H3,(H,23,24)/t12-/m1/s1.